The zero-order valence-corrected chi connectivity index (χ0v) is 12.6. The number of nitrogens with zero attached hydrogens (tertiary/aromatic N) is 2. The highest BCUT2D eigenvalue weighted by Crippen LogP contribution is 2.26. The maximum absolute atomic E-state index is 11.9. The number of carbonyl (C=O) groups excluding carboxylic acids is 1. The van der Waals surface area contributed by atoms with Crippen LogP contribution in [0, 0.1) is 5.92 Å². The van der Waals surface area contributed by atoms with E-state index in [0.717, 1.165) is 42.0 Å². The second kappa shape index (κ2) is 6.56. The van der Waals surface area contributed by atoms with Gasteiger partial charge in [0.1, 0.15) is 12.1 Å². The Morgan fingerprint density at radius 1 is 1.27 bits per heavy atom. The van der Waals surface area contributed by atoms with Crippen LogP contribution in [0.4, 0.5) is 0 Å². The lowest BCUT2D eigenvalue weighted by molar-refractivity contribution is -0.127. The van der Waals surface area contributed by atoms with Gasteiger partial charge in [-0.1, -0.05) is 6.42 Å². The summed E-state index contributed by atoms with van der Waals surface area (Å²) in [5.74, 6) is 1.14. The average Bonchev–Trinajstić information content (AvgIpc) is 2.52. The highest BCUT2D eigenvalue weighted by Gasteiger charge is 2.24. The van der Waals surface area contributed by atoms with Crippen LogP contribution in [0.2, 0.25) is 0 Å². The molecule has 0 radical (unpaired) electrons. The van der Waals surface area contributed by atoms with Gasteiger partial charge in [-0.2, -0.15) is 0 Å². The van der Waals surface area contributed by atoms with E-state index < -0.39 is 0 Å². The van der Waals surface area contributed by atoms with Gasteiger partial charge >= 0.3 is 0 Å². The molecule has 0 unspecified atom stereocenters. The van der Waals surface area contributed by atoms with E-state index in [1.165, 1.54) is 6.33 Å². The fraction of sp³-hybridized carbons (Fsp3) is 0.353. The number of amides is 1. The van der Waals surface area contributed by atoms with Gasteiger partial charge < -0.3 is 10.1 Å². The summed E-state index contributed by atoms with van der Waals surface area (Å²) in [5, 5.41) is 2.95. The topological polar surface area (TPSA) is 64.1 Å². The summed E-state index contributed by atoms with van der Waals surface area (Å²) in [6.45, 7) is 0.445. The largest absolute Gasteiger partial charge is 0.497 e. The highest BCUT2D eigenvalue weighted by molar-refractivity contribution is 5.79. The van der Waals surface area contributed by atoms with E-state index in [0.29, 0.717) is 6.54 Å². The van der Waals surface area contributed by atoms with Crippen molar-refractivity contribution in [3.05, 3.63) is 42.4 Å². The molecule has 1 aromatic heterocycles. The van der Waals surface area contributed by atoms with Crippen LogP contribution in [-0.4, -0.2) is 23.0 Å². The second-order valence-electron chi connectivity index (χ2n) is 5.47. The van der Waals surface area contributed by atoms with Crippen LogP contribution in [0.1, 0.15) is 25.0 Å². The Labute approximate surface area is 129 Å². The zero-order valence-electron chi connectivity index (χ0n) is 12.6. The number of hydrogen-bond acceptors (Lipinski definition) is 4. The van der Waals surface area contributed by atoms with Gasteiger partial charge in [-0.05, 0) is 43.2 Å². The van der Waals surface area contributed by atoms with Gasteiger partial charge in [-0.15, -0.1) is 0 Å². The number of nitrogens with one attached hydrogen (secondary N) is 1. The van der Waals surface area contributed by atoms with Crippen LogP contribution in [0.25, 0.3) is 11.3 Å². The lowest BCUT2D eigenvalue weighted by atomic mass is 9.85. The van der Waals surface area contributed by atoms with Gasteiger partial charge in [0.25, 0.3) is 0 Å². The van der Waals surface area contributed by atoms with Gasteiger partial charge in [0.15, 0.2) is 0 Å². The van der Waals surface area contributed by atoms with Gasteiger partial charge in [0, 0.05) is 11.5 Å². The molecule has 1 N–H and O–H groups in total. The van der Waals surface area contributed by atoms with Crippen molar-refractivity contribution in [2.75, 3.05) is 7.11 Å². The molecule has 1 saturated carbocycles. The lowest BCUT2D eigenvalue weighted by Crippen LogP contribution is -2.34. The molecule has 0 aliphatic heterocycles. The molecule has 22 heavy (non-hydrogen) atoms. The van der Waals surface area contributed by atoms with E-state index in [-0.39, 0.29) is 11.8 Å². The molecule has 0 spiro atoms. The minimum Gasteiger partial charge on any atom is -0.497 e. The first-order valence-electron chi connectivity index (χ1n) is 7.49. The predicted molar refractivity (Wildman–Crippen MR) is 83.2 cm³/mol. The smallest absolute Gasteiger partial charge is 0.223 e. The molecule has 114 valence electrons. The molecule has 1 heterocycles. The summed E-state index contributed by atoms with van der Waals surface area (Å²) < 4.78 is 5.15. The van der Waals surface area contributed by atoms with E-state index in [4.69, 9.17) is 4.74 Å². The number of methoxy groups -OCH3 is 1. The van der Waals surface area contributed by atoms with Crippen LogP contribution in [0.5, 0.6) is 5.75 Å². The summed E-state index contributed by atoms with van der Waals surface area (Å²) in [6.07, 6.45) is 4.71. The van der Waals surface area contributed by atoms with Gasteiger partial charge in [0.05, 0.1) is 25.0 Å². The van der Waals surface area contributed by atoms with Crippen molar-refractivity contribution in [1.82, 2.24) is 15.3 Å². The molecule has 1 fully saturated rings. The molecule has 5 heteroatoms. The van der Waals surface area contributed by atoms with Crippen molar-refractivity contribution in [2.24, 2.45) is 5.92 Å². The van der Waals surface area contributed by atoms with E-state index in [2.05, 4.69) is 15.3 Å². The number of carbonyl (C=O) groups is 1. The van der Waals surface area contributed by atoms with Crippen LogP contribution in [0.15, 0.2) is 36.7 Å². The predicted octanol–water partition coefficient (Wildman–Crippen LogP) is 2.57. The Balaban J connectivity index is 1.67. The molecule has 0 atom stereocenters. The maximum atomic E-state index is 11.9. The van der Waals surface area contributed by atoms with E-state index >= 15 is 0 Å². The Hall–Kier alpha value is -2.43. The fourth-order valence-electron chi connectivity index (χ4n) is 2.41. The van der Waals surface area contributed by atoms with Crippen LogP contribution in [-0.2, 0) is 11.3 Å². The highest BCUT2D eigenvalue weighted by atomic mass is 16.5. The van der Waals surface area contributed by atoms with Crippen molar-refractivity contribution in [2.45, 2.75) is 25.8 Å². The van der Waals surface area contributed by atoms with Crippen molar-refractivity contribution in [3.63, 3.8) is 0 Å². The molecule has 3 rings (SSSR count). The van der Waals surface area contributed by atoms with E-state index in [9.17, 15) is 4.79 Å². The molecule has 1 aromatic carbocycles. The number of hydrogen-bond donors (Lipinski definition) is 1. The minimum absolute atomic E-state index is 0.135. The third kappa shape index (κ3) is 3.24. The first kappa shape index (κ1) is 14.5. The Morgan fingerprint density at radius 2 is 2.05 bits per heavy atom. The molecular formula is C17H19N3O2. The maximum Gasteiger partial charge on any atom is 0.223 e. The number of benzene rings is 1. The molecule has 1 aliphatic carbocycles. The summed E-state index contributed by atoms with van der Waals surface area (Å²) in [5.41, 5.74) is 2.65. The first-order valence-corrected chi connectivity index (χ1v) is 7.49. The Bertz CT molecular complexity index is 651. The summed E-state index contributed by atoms with van der Waals surface area (Å²) in [7, 11) is 1.64. The Morgan fingerprint density at radius 3 is 2.68 bits per heavy atom. The third-order valence-electron chi connectivity index (χ3n) is 4.03. The average molecular weight is 297 g/mol. The molecular weight excluding hydrogens is 278 g/mol. The van der Waals surface area contributed by atoms with Crippen molar-refractivity contribution >= 4 is 5.91 Å². The van der Waals surface area contributed by atoms with Gasteiger partial charge in [-0.3, -0.25) is 4.79 Å². The summed E-state index contributed by atoms with van der Waals surface area (Å²) >= 11 is 0. The monoisotopic (exact) mass is 297 g/mol. The quantitative estimate of drug-likeness (QED) is 0.921. The number of ether oxygens (including phenoxy) is 1. The van der Waals surface area contributed by atoms with Crippen molar-refractivity contribution in [1.29, 1.82) is 0 Å². The standard InChI is InChI=1S/C17H19N3O2/c1-22-15-7-5-12(6-8-15)16-9-14(19-11-20-16)10-18-17(21)13-3-2-4-13/h5-9,11,13H,2-4,10H2,1H3,(H,18,21). The van der Waals surface area contributed by atoms with E-state index in [1.807, 2.05) is 30.3 Å². The second-order valence-corrected chi connectivity index (χ2v) is 5.47. The summed E-state index contributed by atoms with van der Waals surface area (Å²) in [4.78, 5) is 20.4. The molecule has 0 bridgehead atoms. The SMILES string of the molecule is COc1ccc(-c2cc(CNC(=O)C3CCC3)ncn2)cc1. The minimum atomic E-state index is 0.135. The van der Waals surface area contributed by atoms with Crippen LogP contribution >= 0.6 is 0 Å². The normalized spacial score (nSPS) is 14.2. The molecule has 0 saturated heterocycles. The molecule has 5 nitrogen and oxygen atoms in total. The van der Waals surface area contributed by atoms with Gasteiger partial charge in [-0.25, -0.2) is 9.97 Å². The Kier molecular flexibility index (Phi) is 4.32. The lowest BCUT2D eigenvalue weighted by Gasteiger charge is -2.23. The molecule has 1 aliphatic rings. The zero-order chi connectivity index (χ0) is 15.4. The first-order chi connectivity index (χ1) is 10.8. The van der Waals surface area contributed by atoms with E-state index in [1.54, 1.807) is 7.11 Å². The van der Waals surface area contributed by atoms with Crippen LogP contribution < -0.4 is 10.1 Å². The third-order valence-corrected chi connectivity index (χ3v) is 4.03. The molecule has 1 amide bonds. The van der Waals surface area contributed by atoms with Gasteiger partial charge in [0.2, 0.25) is 5.91 Å². The van der Waals surface area contributed by atoms with Crippen molar-refractivity contribution in [3.8, 4) is 17.0 Å². The van der Waals surface area contributed by atoms with Crippen molar-refractivity contribution < 1.29 is 9.53 Å². The fourth-order valence-corrected chi connectivity index (χ4v) is 2.41. The number of aromatic nitrogens is 2. The van der Waals surface area contributed by atoms with Crippen LogP contribution in [0.3, 0.4) is 0 Å². The summed E-state index contributed by atoms with van der Waals surface area (Å²) in [6, 6.07) is 9.61. The number of rotatable bonds is 5. The molecule has 2 aromatic rings.